The highest BCUT2D eigenvalue weighted by atomic mass is 16.5. The van der Waals surface area contributed by atoms with Gasteiger partial charge in [-0.3, -0.25) is 14.4 Å². The number of nitrogens with two attached hydrogens (primary N) is 1. The van der Waals surface area contributed by atoms with Gasteiger partial charge in [0.1, 0.15) is 6.10 Å². The van der Waals surface area contributed by atoms with E-state index in [1.54, 1.807) is 13.8 Å². The molecule has 10 atom stereocenters. The van der Waals surface area contributed by atoms with Crippen LogP contribution in [0.5, 0.6) is 0 Å². The highest BCUT2D eigenvalue weighted by Crippen LogP contribution is 2.78. The molecule has 43 heavy (non-hydrogen) atoms. The lowest BCUT2D eigenvalue weighted by Gasteiger charge is -2.73. The molecule has 5 aliphatic carbocycles. The Morgan fingerprint density at radius 3 is 2.16 bits per heavy atom. The fraction of sp³-hybridized carbons (Fsp3) is 0.865. The third kappa shape index (κ3) is 4.73. The average molecular weight is 598 g/mol. The van der Waals surface area contributed by atoms with Gasteiger partial charge in [0, 0.05) is 11.8 Å². The molecule has 0 aliphatic heterocycles. The van der Waals surface area contributed by atoms with E-state index in [0.717, 1.165) is 38.5 Å². The molecule has 1 amide bonds. The SMILES string of the molecule is C=C(C)[C@@H]1CC[C@]2(CC(N)=O)CC[C@]3(C)[C@H](CC[C@H]4C3(C)CC[C@H]3C(C)(C)[C@@H](OC(=O)CC(C)(C)C(=O)O)CC[C@@]34C)[C@@H]12. The van der Waals surface area contributed by atoms with Crippen LogP contribution in [0.25, 0.3) is 0 Å². The lowest BCUT2D eigenvalue weighted by Crippen LogP contribution is -2.67. The molecule has 5 aliphatic rings. The van der Waals surface area contributed by atoms with Crippen molar-refractivity contribution in [2.24, 2.45) is 67.8 Å². The summed E-state index contributed by atoms with van der Waals surface area (Å²) >= 11 is 0. The molecule has 3 N–H and O–H groups in total. The molecule has 5 fully saturated rings. The monoisotopic (exact) mass is 597 g/mol. The quantitative estimate of drug-likeness (QED) is 0.229. The summed E-state index contributed by atoms with van der Waals surface area (Å²) in [7, 11) is 0. The Hall–Kier alpha value is -1.85. The van der Waals surface area contributed by atoms with E-state index in [0.29, 0.717) is 36.0 Å². The van der Waals surface area contributed by atoms with Crippen LogP contribution in [0.2, 0.25) is 0 Å². The molecular formula is C37H59NO5. The van der Waals surface area contributed by atoms with Crippen LogP contribution >= 0.6 is 0 Å². The summed E-state index contributed by atoms with van der Waals surface area (Å²) in [5.74, 6) is 1.06. The second kappa shape index (κ2) is 10.3. The van der Waals surface area contributed by atoms with Gasteiger partial charge in [-0.2, -0.15) is 0 Å². The number of carboxylic acid groups (broad SMARTS) is 1. The van der Waals surface area contributed by atoms with E-state index in [9.17, 15) is 19.5 Å². The number of aliphatic carboxylic acids is 1. The number of ether oxygens (including phenoxy) is 1. The predicted molar refractivity (Wildman–Crippen MR) is 169 cm³/mol. The van der Waals surface area contributed by atoms with Gasteiger partial charge in [0.05, 0.1) is 11.8 Å². The van der Waals surface area contributed by atoms with Crippen LogP contribution in [0.4, 0.5) is 0 Å². The minimum atomic E-state index is -1.14. The summed E-state index contributed by atoms with van der Waals surface area (Å²) in [4.78, 5) is 37.0. The fourth-order valence-electron chi connectivity index (χ4n) is 12.8. The van der Waals surface area contributed by atoms with Crippen LogP contribution in [0.3, 0.4) is 0 Å². The van der Waals surface area contributed by atoms with Crippen molar-refractivity contribution in [2.75, 3.05) is 0 Å². The van der Waals surface area contributed by atoms with Crippen LogP contribution in [-0.2, 0) is 19.1 Å². The van der Waals surface area contributed by atoms with E-state index in [4.69, 9.17) is 10.5 Å². The Bertz CT molecular complexity index is 1190. The molecule has 0 bridgehead atoms. The normalized spacial score (nSPS) is 45.1. The Morgan fingerprint density at radius 2 is 1.56 bits per heavy atom. The third-order valence-electron chi connectivity index (χ3n) is 15.1. The summed E-state index contributed by atoms with van der Waals surface area (Å²) in [5.41, 5.74) is 6.45. The number of hydrogen-bond acceptors (Lipinski definition) is 4. The molecule has 0 radical (unpaired) electrons. The number of amides is 1. The molecule has 0 heterocycles. The first-order valence-corrected chi connectivity index (χ1v) is 17.1. The number of esters is 1. The number of fused-ring (bicyclic) bond motifs is 7. The highest BCUT2D eigenvalue weighted by Gasteiger charge is 2.71. The van der Waals surface area contributed by atoms with Gasteiger partial charge in [-0.05, 0) is 136 Å². The standard InChI is InChI=1S/C37H59NO5/c1-22(2)23-12-17-37(20-28(38)39)19-18-35(8)24(30(23)37)10-11-26-34(7)15-14-27(43-29(40)21-32(3,4)31(41)42)33(5,6)25(34)13-16-36(26,35)9/h23-27,30H,1,10-21H2,2-9H3,(H2,38,39)(H,41,42)/t23-,24+,25-,26+,27-,30+,34-,35+,36?,37+/m0/s1. The zero-order valence-electron chi connectivity index (χ0n) is 28.3. The van der Waals surface area contributed by atoms with E-state index in [1.807, 2.05) is 0 Å². The summed E-state index contributed by atoms with van der Waals surface area (Å²) in [6, 6.07) is 0. The van der Waals surface area contributed by atoms with E-state index in [2.05, 4.69) is 48.1 Å². The van der Waals surface area contributed by atoms with E-state index >= 15 is 0 Å². The van der Waals surface area contributed by atoms with Crippen LogP contribution in [0.15, 0.2) is 12.2 Å². The zero-order valence-corrected chi connectivity index (χ0v) is 28.3. The summed E-state index contributed by atoms with van der Waals surface area (Å²) in [5, 5.41) is 9.54. The van der Waals surface area contributed by atoms with Crippen LogP contribution in [-0.4, -0.2) is 29.1 Å². The van der Waals surface area contributed by atoms with Gasteiger partial charge in [-0.15, -0.1) is 0 Å². The molecule has 5 saturated carbocycles. The molecule has 242 valence electrons. The van der Waals surface area contributed by atoms with Crippen molar-refractivity contribution in [1.82, 2.24) is 0 Å². The summed E-state index contributed by atoms with van der Waals surface area (Å²) < 4.78 is 6.13. The molecule has 0 aromatic rings. The van der Waals surface area contributed by atoms with Gasteiger partial charge < -0.3 is 15.6 Å². The maximum absolute atomic E-state index is 13.0. The Balaban J connectivity index is 1.42. The lowest BCUT2D eigenvalue weighted by molar-refractivity contribution is -0.250. The molecule has 6 nitrogen and oxygen atoms in total. The maximum atomic E-state index is 13.0. The molecular weight excluding hydrogens is 538 g/mol. The minimum absolute atomic E-state index is 0.0308. The number of hydrogen-bond donors (Lipinski definition) is 2. The maximum Gasteiger partial charge on any atom is 0.309 e. The van der Waals surface area contributed by atoms with E-state index < -0.39 is 17.4 Å². The number of carbonyl (C=O) groups excluding carboxylic acids is 2. The smallest absolute Gasteiger partial charge is 0.309 e. The van der Waals surface area contributed by atoms with Crippen LogP contribution in [0, 0.1) is 62.1 Å². The van der Waals surface area contributed by atoms with E-state index in [-0.39, 0.29) is 45.5 Å². The molecule has 6 heteroatoms. The Morgan fingerprint density at radius 1 is 0.884 bits per heavy atom. The number of carbonyl (C=O) groups is 3. The van der Waals surface area contributed by atoms with Crippen molar-refractivity contribution in [2.45, 2.75) is 139 Å². The second-order valence-corrected chi connectivity index (χ2v) is 17.9. The third-order valence-corrected chi connectivity index (χ3v) is 15.1. The van der Waals surface area contributed by atoms with Crippen molar-refractivity contribution < 1.29 is 24.2 Å². The highest BCUT2D eigenvalue weighted by molar-refractivity contribution is 5.81. The summed E-state index contributed by atoms with van der Waals surface area (Å²) in [6.45, 7) is 22.2. The van der Waals surface area contributed by atoms with Crippen LogP contribution < -0.4 is 5.73 Å². The first kappa shape index (κ1) is 32.5. The minimum Gasteiger partial charge on any atom is -0.481 e. The van der Waals surface area contributed by atoms with Gasteiger partial charge in [-0.25, -0.2) is 0 Å². The number of rotatable bonds is 7. The molecule has 1 unspecified atom stereocenters. The lowest BCUT2D eigenvalue weighted by atomic mass is 9.32. The number of allylic oxidation sites excluding steroid dienone is 1. The molecule has 0 saturated heterocycles. The van der Waals surface area contributed by atoms with Gasteiger partial charge in [0.2, 0.25) is 5.91 Å². The molecule has 5 rings (SSSR count). The van der Waals surface area contributed by atoms with Gasteiger partial charge in [-0.1, -0.05) is 46.8 Å². The van der Waals surface area contributed by atoms with E-state index in [1.165, 1.54) is 31.3 Å². The molecule has 0 spiro atoms. The van der Waals surface area contributed by atoms with Crippen molar-refractivity contribution in [1.29, 1.82) is 0 Å². The van der Waals surface area contributed by atoms with Crippen molar-refractivity contribution in [3.8, 4) is 0 Å². The Kier molecular flexibility index (Phi) is 7.82. The Labute approximate surface area is 260 Å². The first-order valence-electron chi connectivity index (χ1n) is 17.1. The second-order valence-electron chi connectivity index (χ2n) is 17.9. The van der Waals surface area contributed by atoms with Gasteiger partial charge >= 0.3 is 11.9 Å². The van der Waals surface area contributed by atoms with Gasteiger partial charge in [0.25, 0.3) is 0 Å². The predicted octanol–water partition coefficient (Wildman–Crippen LogP) is 7.93. The largest absolute Gasteiger partial charge is 0.481 e. The number of carboxylic acids is 1. The first-order chi connectivity index (χ1) is 19.7. The van der Waals surface area contributed by atoms with Gasteiger partial charge in [0.15, 0.2) is 0 Å². The van der Waals surface area contributed by atoms with Crippen molar-refractivity contribution >= 4 is 17.8 Å². The van der Waals surface area contributed by atoms with Crippen molar-refractivity contribution in [3.05, 3.63) is 12.2 Å². The average Bonchev–Trinajstić information content (AvgIpc) is 3.25. The van der Waals surface area contributed by atoms with Crippen LogP contribution in [0.1, 0.15) is 132 Å². The molecule has 0 aromatic heterocycles. The zero-order chi connectivity index (χ0) is 32.0. The fourth-order valence-corrected chi connectivity index (χ4v) is 12.8. The van der Waals surface area contributed by atoms with Crippen molar-refractivity contribution in [3.63, 3.8) is 0 Å². The number of primary amides is 1. The topological polar surface area (TPSA) is 107 Å². The summed E-state index contributed by atoms with van der Waals surface area (Å²) in [6.07, 6.45) is 11.3. The molecule has 0 aromatic carbocycles.